The van der Waals surface area contributed by atoms with Crippen molar-refractivity contribution in [2.24, 2.45) is 5.92 Å². The molecule has 4 aliphatic heterocycles. The van der Waals surface area contributed by atoms with E-state index in [1.54, 1.807) is 0 Å². The number of hydrogen-bond donors (Lipinski definition) is 2. The van der Waals surface area contributed by atoms with Gasteiger partial charge in [0, 0.05) is 79.7 Å². The van der Waals surface area contributed by atoms with Gasteiger partial charge >= 0.3 is 6.18 Å². The van der Waals surface area contributed by atoms with Crippen molar-refractivity contribution in [2.75, 3.05) is 56.0 Å². The fourth-order valence-corrected chi connectivity index (χ4v) is 12.1. The summed E-state index contributed by atoms with van der Waals surface area (Å²) in [5.74, 6) is 0.0183. The smallest absolute Gasteiger partial charge is 0.351 e. The molecule has 2 unspecified atom stereocenters. The molecule has 6 heterocycles. The Kier molecular flexibility index (Phi) is 10.3. The van der Waals surface area contributed by atoms with E-state index in [2.05, 4.69) is 105 Å². The minimum absolute atomic E-state index is 0.0351. The highest BCUT2D eigenvalue weighted by Gasteiger charge is 2.46. The number of likely N-dealkylation sites (tertiary alicyclic amines) is 2. The van der Waals surface area contributed by atoms with E-state index in [1.807, 2.05) is 11.1 Å². The molecule has 2 N–H and O–H groups in total. The molecule has 0 bridgehead atoms. The first-order valence-corrected chi connectivity index (χ1v) is 23.0. The van der Waals surface area contributed by atoms with Crippen molar-refractivity contribution in [2.45, 2.75) is 100.0 Å². The zero-order valence-corrected chi connectivity index (χ0v) is 35.4. The van der Waals surface area contributed by atoms with Crippen LogP contribution in [0.4, 0.5) is 25.1 Å². The molecule has 12 heteroatoms. The van der Waals surface area contributed by atoms with Gasteiger partial charge in [0.2, 0.25) is 11.9 Å². The first-order chi connectivity index (χ1) is 30.2. The van der Waals surface area contributed by atoms with Crippen molar-refractivity contribution in [1.29, 1.82) is 0 Å². The summed E-state index contributed by atoms with van der Waals surface area (Å²) in [7, 11) is 0. The molecule has 6 aliphatic rings. The second-order valence-electron chi connectivity index (χ2n) is 19.0. The number of rotatable bonds is 6. The van der Waals surface area contributed by atoms with Gasteiger partial charge in [-0.3, -0.25) is 9.80 Å². The molecule has 0 saturated carbocycles. The number of fused-ring (bicyclic) bond motifs is 8. The van der Waals surface area contributed by atoms with Gasteiger partial charge in [0.25, 0.3) is 0 Å². The fraction of sp³-hybridized carbons (Fsp3) is 0.480. The maximum Gasteiger partial charge on any atom is 0.391 e. The Morgan fingerprint density at radius 3 is 1.97 bits per heavy atom. The highest BCUT2D eigenvalue weighted by atomic mass is 19.4. The number of anilines is 2. The van der Waals surface area contributed by atoms with E-state index in [1.165, 1.54) is 27.8 Å². The molecule has 62 heavy (non-hydrogen) atoms. The van der Waals surface area contributed by atoms with Crippen molar-refractivity contribution < 1.29 is 13.2 Å². The van der Waals surface area contributed by atoms with Crippen molar-refractivity contribution >= 4 is 11.9 Å². The van der Waals surface area contributed by atoms with Crippen LogP contribution in [0.3, 0.4) is 0 Å². The summed E-state index contributed by atoms with van der Waals surface area (Å²) >= 11 is 0. The molecule has 3 aromatic carbocycles. The molecule has 4 saturated heterocycles. The average molecular weight is 840 g/mol. The van der Waals surface area contributed by atoms with Gasteiger partial charge in [-0.05, 0) is 105 Å². The molecule has 9 nitrogen and oxygen atoms in total. The van der Waals surface area contributed by atoms with Crippen LogP contribution in [0.15, 0.2) is 91.3 Å². The monoisotopic (exact) mass is 839 g/mol. The lowest BCUT2D eigenvalue weighted by Gasteiger charge is -2.51. The Morgan fingerprint density at radius 2 is 1.29 bits per heavy atom. The number of hydrogen-bond acceptors (Lipinski definition) is 9. The van der Waals surface area contributed by atoms with Crippen molar-refractivity contribution in [3.05, 3.63) is 119 Å². The summed E-state index contributed by atoms with van der Waals surface area (Å²) in [4.78, 5) is 27.5. The third-order valence-electron chi connectivity index (χ3n) is 15.5. The largest absolute Gasteiger partial charge is 0.391 e. The maximum atomic E-state index is 13.4. The Bertz CT molecular complexity index is 2400. The third kappa shape index (κ3) is 7.35. The lowest BCUT2D eigenvalue weighted by atomic mass is 9.64. The number of nitrogens with one attached hydrogen (secondary N) is 2. The summed E-state index contributed by atoms with van der Waals surface area (Å²) in [5.41, 5.74) is 11.1. The number of halogens is 3. The first kappa shape index (κ1) is 39.9. The van der Waals surface area contributed by atoms with E-state index in [9.17, 15) is 13.2 Å². The van der Waals surface area contributed by atoms with Crippen LogP contribution in [0.25, 0.3) is 22.5 Å². The molecule has 4 fully saturated rings. The molecule has 322 valence electrons. The van der Waals surface area contributed by atoms with Crippen molar-refractivity contribution in [3.63, 3.8) is 0 Å². The minimum Gasteiger partial charge on any atom is -0.351 e. The van der Waals surface area contributed by atoms with Crippen LogP contribution in [0.5, 0.6) is 0 Å². The Labute approximate surface area is 362 Å². The zero-order valence-electron chi connectivity index (χ0n) is 35.4. The topological polar surface area (TPSA) is 85.3 Å². The van der Waals surface area contributed by atoms with E-state index in [4.69, 9.17) is 19.9 Å². The SMILES string of the molecule is FC(F)(F)C1CCN(c2ncc3c(n2)-c2ccccc2C2(CCN(C4CC(Nc5ncc6c(n5)-c5ccccc5C5(CCNCC5)C6)CCN4Cc4ccccc4)CC2)C3)CC1. The Morgan fingerprint density at radius 1 is 0.677 bits per heavy atom. The quantitative estimate of drug-likeness (QED) is 0.175. The number of alkyl halides is 3. The van der Waals surface area contributed by atoms with Crippen LogP contribution in [0.2, 0.25) is 0 Å². The summed E-state index contributed by atoms with van der Waals surface area (Å²) in [6.45, 7) is 6.56. The number of nitrogens with zero attached hydrogens (tertiary/aromatic N) is 7. The van der Waals surface area contributed by atoms with Crippen molar-refractivity contribution in [1.82, 2.24) is 35.1 Å². The Balaban J connectivity index is 0.819. The van der Waals surface area contributed by atoms with E-state index in [0.717, 1.165) is 119 Å². The van der Waals surface area contributed by atoms with Crippen LogP contribution in [-0.2, 0) is 30.2 Å². The lowest BCUT2D eigenvalue weighted by Crippen LogP contribution is -2.58. The van der Waals surface area contributed by atoms with Crippen LogP contribution < -0.4 is 15.5 Å². The molecular formula is C50H56F3N9. The molecule has 2 aliphatic carbocycles. The van der Waals surface area contributed by atoms with Gasteiger partial charge in [0.1, 0.15) is 0 Å². The summed E-state index contributed by atoms with van der Waals surface area (Å²) in [5, 5.41) is 7.42. The van der Waals surface area contributed by atoms with Crippen LogP contribution in [0, 0.1) is 5.92 Å². The predicted octanol–water partition coefficient (Wildman–Crippen LogP) is 8.55. The van der Waals surface area contributed by atoms with Gasteiger partial charge < -0.3 is 15.5 Å². The van der Waals surface area contributed by atoms with Gasteiger partial charge in [-0.15, -0.1) is 0 Å². The number of aromatic nitrogens is 4. The van der Waals surface area contributed by atoms with Crippen LogP contribution in [0.1, 0.15) is 79.2 Å². The molecular weight excluding hydrogens is 784 g/mol. The van der Waals surface area contributed by atoms with E-state index < -0.39 is 12.1 Å². The highest BCUT2D eigenvalue weighted by molar-refractivity contribution is 5.74. The first-order valence-electron chi connectivity index (χ1n) is 23.0. The van der Waals surface area contributed by atoms with Gasteiger partial charge in [-0.25, -0.2) is 19.9 Å². The van der Waals surface area contributed by atoms with Crippen LogP contribution in [-0.4, -0.2) is 93.9 Å². The van der Waals surface area contributed by atoms with Gasteiger partial charge in [0.05, 0.1) is 23.5 Å². The van der Waals surface area contributed by atoms with E-state index in [-0.39, 0.29) is 35.9 Å². The highest BCUT2D eigenvalue weighted by Crippen LogP contribution is 2.50. The normalized spacial score (nSPS) is 23.6. The molecule has 2 spiro atoms. The maximum absolute atomic E-state index is 13.4. The van der Waals surface area contributed by atoms with Gasteiger partial charge in [0.15, 0.2) is 0 Å². The number of benzene rings is 3. The third-order valence-corrected chi connectivity index (χ3v) is 15.5. The van der Waals surface area contributed by atoms with Crippen molar-refractivity contribution in [3.8, 4) is 22.5 Å². The zero-order chi connectivity index (χ0) is 41.9. The molecule has 2 atom stereocenters. The Hall–Kier alpha value is -4.91. The summed E-state index contributed by atoms with van der Waals surface area (Å²) < 4.78 is 40.3. The standard InChI is InChI=1S/C50H56F3N9/c51-50(52,53)37-14-23-61(24-15-37)47-56-32-36-30-49(42-13-7-5-11-40(42)45(36)59-47)19-26-60(27-20-49)43-28-38(16-25-62(43)33-34-8-2-1-3-9-34)57-46-55-31-35-29-48(17-21-54-22-18-48)41-12-6-4-10-39(41)44(35)58-46/h1-13,31-32,37-38,43,54H,14-30,33H2,(H,55,57,58). The average Bonchev–Trinajstić information content (AvgIpc) is 3.31. The molecule has 0 radical (unpaired) electrons. The second kappa shape index (κ2) is 16.0. The van der Waals surface area contributed by atoms with Crippen LogP contribution >= 0.6 is 0 Å². The van der Waals surface area contributed by atoms with E-state index >= 15 is 0 Å². The molecule has 11 rings (SSSR count). The number of piperidine rings is 4. The summed E-state index contributed by atoms with van der Waals surface area (Å²) in [6, 6.07) is 28.7. The molecule has 2 aromatic heterocycles. The van der Waals surface area contributed by atoms with E-state index in [0.29, 0.717) is 19.0 Å². The van der Waals surface area contributed by atoms with Gasteiger partial charge in [-0.1, -0.05) is 78.9 Å². The second-order valence-corrected chi connectivity index (χ2v) is 19.0. The summed E-state index contributed by atoms with van der Waals surface area (Å²) in [6.07, 6.45) is 8.50. The molecule has 0 amide bonds. The predicted molar refractivity (Wildman–Crippen MR) is 237 cm³/mol. The fourth-order valence-electron chi connectivity index (χ4n) is 12.1. The van der Waals surface area contributed by atoms with Gasteiger partial charge in [-0.2, -0.15) is 13.2 Å². The minimum atomic E-state index is -4.15. The molecule has 5 aromatic rings. The lowest BCUT2D eigenvalue weighted by molar-refractivity contribution is -0.179.